The van der Waals surface area contributed by atoms with Crippen molar-refractivity contribution >= 4 is 5.96 Å². The van der Waals surface area contributed by atoms with E-state index in [2.05, 4.69) is 0 Å². The van der Waals surface area contributed by atoms with E-state index in [0.29, 0.717) is 5.96 Å². The highest BCUT2D eigenvalue weighted by atomic mass is 15.5. The van der Waals surface area contributed by atoms with Crippen LogP contribution in [0.3, 0.4) is 0 Å². The maximum atomic E-state index is 7.34. The Kier molecular flexibility index (Phi) is 1.57. The zero-order valence-electron chi connectivity index (χ0n) is 5.59. The molecule has 1 heterocycles. The number of rotatable bonds is 1. The first-order chi connectivity index (χ1) is 4.25. The monoisotopic (exact) mass is 128 g/mol. The number of hydrazine groups is 1. The Bertz CT molecular complexity index is 122. The third-order valence-corrected chi connectivity index (χ3v) is 1.56. The fraction of sp³-hybridized carbons (Fsp3) is 0.800. The number of hydrogen-bond acceptors (Lipinski definition) is 2. The van der Waals surface area contributed by atoms with E-state index in [1.807, 2.05) is 11.8 Å². The highest BCUT2D eigenvalue weighted by molar-refractivity contribution is 5.78. The molecule has 0 radical (unpaired) electrons. The Labute approximate surface area is 54.7 Å². The standard InChI is InChI=1S/C5H12N4/c1-2-8-3-4-9(7)5(8)6/h6H,2-4,7H2,1H3. The summed E-state index contributed by atoms with van der Waals surface area (Å²) in [6, 6.07) is 0. The van der Waals surface area contributed by atoms with Crippen LogP contribution in [0.1, 0.15) is 6.92 Å². The summed E-state index contributed by atoms with van der Waals surface area (Å²) in [6.45, 7) is 4.58. The van der Waals surface area contributed by atoms with E-state index in [4.69, 9.17) is 11.3 Å². The number of guanidine groups is 1. The van der Waals surface area contributed by atoms with Gasteiger partial charge in [-0.15, -0.1) is 0 Å². The average molecular weight is 128 g/mol. The second kappa shape index (κ2) is 2.23. The molecule has 0 amide bonds. The van der Waals surface area contributed by atoms with Crippen LogP contribution in [0.4, 0.5) is 0 Å². The summed E-state index contributed by atoms with van der Waals surface area (Å²) < 4.78 is 0. The van der Waals surface area contributed by atoms with E-state index in [0.717, 1.165) is 19.6 Å². The van der Waals surface area contributed by atoms with Gasteiger partial charge in [0.15, 0.2) is 0 Å². The van der Waals surface area contributed by atoms with Crippen LogP contribution in [0.5, 0.6) is 0 Å². The van der Waals surface area contributed by atoms with Gasteiger partial charge in [-0.2, -0.15) is 0 Å². The SMILES string of the molecule is CCN1CCN(N)C1=N. The lowest BCUT2D eigenvalue weighted by Crippen LogP contribution is -2.36. The Balaban J connectivity index is 2.51. The minimum absolute atomic E-state index is 0.442. The number of likely N-dealkylation sites (N-methyl/N-ethyl adjacent to an activating group) is 1. The van der Waals surface area contributed by atoms with Crippen molar-refractivity contribution in [3.8, 4) is 0 Å². The third-order valence-electron chi connectivity index (χ3n) is 1.56. The van der Waals surface area contributed by atoms with Crippen LogP contribution < -0.4 is 5.84 Å². The van der Waals surface area contributed by atoms with Crippen molar-refractivity contribution in [3.63, 3.8) is 0 Å². The molecule has 0 aromatic heterocycles. The molecule has 1 aliphatic rings. The first-order valence-electron chi connectivity index (χ1n) is 3.11. The van der Waals surface area contributed by atoms with Gasteiger partial charge in [0.1, 0.15) is 0 Å². The van der Waals surface area contributed by atoms with Gasteiger partial charge in [-0.1, -0.05) is 0 Å². The van der Waals surface area contributed by atoms with Crippen LogP contribution in [0.15, 0.2) is 0 Å². The molecule has 0 bridgehead atoms. The van der Waals surface area contributed by atoms with Crippen LogP contribution in [-0.2, 0) is 0 Å². The largest absolute Gasteiger partial charge is 0.340 e. The van der Waals surface area contributed by atoms with E-state index in [1.54, 1.807) is 0 Å². The summed E-state index contributed by atoms with van der Waals surface area (Å²) in [4.78, 5) is 1.93. The van der Waals surface area contributed by atoms with E-state index in [9.17, 15) is 0 Å². The summed E-state index contributed by atoms with van der Waals surface area (Å²) in [5.74, 6) is 5.85. The van der Waals surface area contributed by atoms with Crippen LogP contribution in [0, 0.1) is 5.41 Å². The van der Waals surface area contributed by atoms with Crippen molar-refractivity contribution < 1.29 is 0 Å². The molecule has 4 heteroatoms. The van der Waals surface area contributed by atoms with Crippen molar-refractivity contribution in [2.75, 3.05) is 19.6 Å². The molecule has 3 N–H and O–H groups in total. The quantitative estimate of drug-likeness (QED) is 0.465. The lowest BCUT2D eigenvalue weighted by Gasteiger charge is -2.15. The van der Waals surface area contributed by atoms with E-state index in [-0.39, 0.29) is 0 Å². The van der Waals surface area contributed by atoms with Gasteiger partial charge in [0, 0.05) is 13.1 Å². The second-order valence-corrected chi connectivity index (χ2v) is 2.10. The summed E-state index contributed by atoms with van der Waals surface area (Å²) in [5.41, 5.74) is 0. The fourth-order valence-electron chi connectivity index (χ4n) is 0.930. The summed E-state index contributed by atoms with van der Waals surface area (Å²) >= 11 is 0. The van der Waals surface area contributed by atoms with E-state index < -0.39 is 0 Å². The van der Waals surface area contributed by atoms with E-state index >= 15 is 0 Å². The molecule has 4 nitrogen and oxygen atoms in total. The molecule has 0 spiro atoms. The van der Waals surface area contributed by atoms with Crippen LogP contribution in [0.2, 0.25) is 0 Å². The molecule has 0 atom stereocenters. The second-order valence-electron chi connectivity index (χ2n) is 2.10. The predicted octanol–water partition coefficient (Wildman–Crippen LogP) is -0.568. The molecular formula is C5H12N4. The van der Waals surface area contributed by atoms with Crippen LogP contribution in [0.25, 0.3) is 0 Å². The molecule has 1 rings (SSSR count). The molecule has 1 saturated heterocycles. The smallest absolute Gasteiger partial charge is 0.208 e. The highest BCUT2D eigenvalue weighted by Gasteiger charge is 2.19. The number of nitrogens with zero attached hydrogens (tertiary/aromatic N) is 2. The molecule has 1 aliphatic heterocycles. The first-order valence-corrected chi connectivity index (χ1v) is 3.11. The predicted molar refractivity (Wildman–Crippen MR) is 35.9 cm³/mol. The Morgan fingerprint density at radius 1 is 1.67 bits per heavy atom. The zero-order chi connectivity index (χ0) is 6.85. The molecule has 52 valence electrons. The van der Waals surface area contributed by atoms with Gasteiger partial charge < -0.3 is 4.90 Å². The number of nitrogens with one attached hydrogen (secondary N) is 1. The van der Waals surface area contributed by atoms with Gasteiger partial charge in [0.25, 0.3) is 0 Å². The van der Waals surface area contributed by atoms with Crippen molar-refractivity contribution in [1.82, 2.24) is 9.91 Å². The Morgan fingerprint density at radius 2 is 2.33 bits per heavy atom. The molecule has 9 heavy (non-hydrogen) atoms. The first kappa shape index (κ1) is 6.35. The molecule has 1 fully saturated rings. The van der Waals surface area contributed by atoms with Gasteiger partial charge >= 0.3 is 0 Å². The minimum atomic E-state index is 0.442. The van der Waals surface area contributed by atoms with Gasteiger partial charge in [-0.25, -0.2) is 5.84 Å². The maximum Gasteiger partial charge on any atom is 0.208 e. The minimum Gasteiger partial charge on any atom is -0.340 e. The maximum absolute atomic E-state index is 7.34. The van der Waals surface area contributed by atoms with Crippen molar-refractivity contribution in [1.29, 1.82) is 5.41 Å². The molecule has 0 aliphatic carbocycles. The normalized spacial score (nSPS) is 19.6. The van der Waals surface area contributed by atoms with Crippen LogP contribution >= 0.6 is 0 Å². The molecule has 0 aromatic rings. The molecular weight excluding hydrogens is 116 g/mol. The van der Waals surface area contributed by atoms with Crippen molar-refractivity contribution in [3.05, 3.63) is 0 Å². The average Bonchev–Trinajstić information content (AvgIpc) is 2.15. The fourth-order valence-corrected chi connectivity index (χ4v) is 0.930. The summed E-state index contributed by atoms with van der Waals surface area (Å²) in [5, 5.41) is 8.80. The Hall–Kier alpha value is -0.770. The van der Waals surface area contributed by atoms with E-state index in [1.165, 1.54) is 5.01 Å². The summed E-state index contributed by atoms with van der Waals surface area (Å²) in [6.07, 6.45) is 0. The highest BCUT2D eigenvalue weighted by Crippen LogP contribution is 2.00. The number of nitrogens with two attached hydrogens (primary N) is 1. The summed E-state index contributed by atoms with van der Waals surface area (Å²) in [7, 11) is 0. The number of hydrogen-bond donors (Lipinski definition) is 2. The lowest BCUT2D eigenvalue weighted by molar-refractivity contribution is 0.486. The topological polar surface area (TPSA) is 56.4 Å². The molecule has 0 aromatic carbocycles. The lowest BCUT2D eigenvalue weighted by atomic mass is 10.6. The molecule has 0 saturated carbocycles. The van der Waals surface area contributed by atoms with Gasteiger partial charge in [-0.05, 0) is 6.92 Å². The van der Waals surface area contributed by atoms with Crippen LogP contribution in [-0.4, -0.2) is 35.5 Å². The zero-order valence-corrected chi connectivity index (χ0v) is 5.59. The van der Waals surface area contributed by atoms with Crippen molar-refractivity contribution in [2.45, 2.75) is 6.92 Å². The van der Waals surface area contributed by atoms with Crippen molar-refractivity contribution in [2.24, 2.45) is 5.84 Å². The Morgan fingerprint density at radius 3 is 2.56 bits per heavy atom. The molecule has 0 unspecified atom stereocenters. The van der Waals surface area contributed by atoms with Gasteiger partial charge in [-0.3, -0.25) is 10.4 Å². The van der Waals surface area contributed by atoms with Gasteiger partial charge in [0.2, 0.25) is 5.96 Å². The van der Waals surface area contributed by atoms with Gasteiger partial charge in [0.05, 0.1) is 6.54 Å². The third kappa shape index (κ3) is 0.977.